The van der Waals surface area contributed by atoms with Gasteiger partial charge in [-0.05, 0) is 30.0 Å². The first-order valence-electron chi connectivity index (χ1n) is 5.39. The maximum absolute atomic E-state index is 11.6. The van der Waals surface area contributed by atoms with Crippen LogP contribution in [-0.2, 0) is 6.42 Å². The van der Waals surface area contributed by atoms with E-state index in [1.54, 1.807) is 0 Å². The first-order chi connectivity index (χ1) is 7.22. The van der Waals surface area contributed by atoms with Crippen LogP contribution in [0.15, 0.2) is 18.2 Å². The second-order valence-corrected chi connectivity index (χ2v) is 3.94. The van der Waals surface area contributed by atoms with E-state index in [9.17, 15) is 4.79 Å². The van der Waals surface area contributed by atoms with Gasteiger partial charge in [-0.15, -0.1) is 0 Å². The number of hydrogen-bond acceptors (Lipinski definition) is 2. The Labute approximate surface area is 89.7 Å². The molecule has 3 N–H and O–H groups in total. The second kappa shape index (κ2) is 4.03. The Bertz CT molecular complexity index is 387. The fraction of sp³-hybridized carbons (Fsp3) is 0.417. The van der Waals surface area contributed by atoms with E-state index < -0.39 is 0 Å². The second-order valence-electron chi connectivity index (χ2n) is 3.94. The summed E-state index contributed by atoms with van der Waals surface area (Å²) in [5.74, 6) is 0.0291. The van der Waals surface area contributed by atoms with Crippen molar-refractivity contribution < 1.29 is 4.79 Å². The third-order valence-corrected chi connectivity index (χ3v) is 2.93. The van der Waals surface area contributed by atoms with Gasteiger partial charge in [-0.3, -0.25) is 4.79 Å². The SMILES string of the molecule is CC[C@H](N)c1ccc2c(c1)C(=O)NCC2. The van der Waals surface area contributed by atoms with Crippen LogP contribution in [0.1, 0.15) is 40.9 Å². The van der Waals surface area contributed by atoms with Crippen molar-refractivity contribution in [2.24, 2.45) is 5.73 Å². The number of nitrogens with two attached hydrogens (primary N) is 1. The zero-order valence-electron chi connectivity index (χ0n) is 8.92. The number of amides is 1. The van der Waals surface area contributed by atoms with Crippen LogP contribution in [0, 0.1) is 0 Å². The Kier molecular flexibility index (Phi) is 2.73. The van der Waals surface area contributed by atoms with Gasteiger partial charge in [0, 0.05) is 18.2 Å². The molecule has 1 aromatic carbocycles. The molecule has 3 nitrogen and oxygen atoms in total. The third-order valence-electron chi connectivity index (χ3n) is 2.93. The summed E-state index contributed by atoms with van der Waals surface area (Å²) in [6, 6.07) is 6.02. The maximum Gasteiger partial charge on any atom is 0.251 e. The molecule has 1 amide bonds. The summed E-state index contributed by atoms with van der Waals surface area (Å²) in [7, 11) is 0. The summed E-state index contributed by atoms with van der Waals surface area (Å²) in [5.41, 5.74) is 8.91. The highest BCUT2D eigenvalue weighted by atomic mass is 16.1. The standard InChI is InChI=1S/C12H16N2O/c1-2-11(13)9-4-3-8-5-6-14-12(15)10(8)7-9/h3-4,7,11H,2,5-6,13H2,1H3,(H,14,15)/t11-/m0/s1. The van der Waals surface area contributed by atoms with Crippen molar-refractivity contribution in [3.05, 3.63) is 34.9 Å². The molecule has 2 rings (SSSR count). The summed E-state index contributed by atoms with van der Waals surface area (Å²) in [6.07, 6.45) is 1.81. The number of nitrogens with one attached hydrogen (secondary N) is 1. The van der Waals surface area contributed by atoms with E-state index in [4.69, 9.17) is 5.73 Å². The fourth-order valence-corrected chi connectivity index (χ4v) is 1.90. The summed E-state index contributed by atoms with van der Waals surface area (Å²) >= 11 is 0. The van der Waals surface area contributed by atoms with Gasteiger partial charge in [0.05, 0.1) is 0 Å². The van der Waals surface area contributed by atoms with Crippen molar-refractivity contribution in [2.45, 2.75) is 25.8 Å². The lowest BCUT2D eigenvalue weighted by atomic mass is 9.95. The van der Waals surface area contributed by atoms with Crippen molar-refractivity contribution in [3.63, 3.8) is 0 Å². The van der Waals surface area contributed by atoms with Crippen molar-refractivity contribution in [3.8, 4) is 0 Å². The van der Waals surface area contributed by atoms with Crippen LogP contribution in [0.25, 0.3) is 0 Å². The molecule has 0 unspecified atom stereocenters. The summed E-state index contributed by atoms with van der Waals surface area (Å²) in [4.78, 5) is 11.6. The van der Waals surface area contributed by atoms with Gasteiger partial charge in [-0.1, -0.05) is 19.1 Å². The van der Waals surface area contributed by atoms with Crippen molar-refractivity contribution >= 4 is 5.91 Å². The number of fused-ring (bicyclic) bond motifs is 1. The fourth-order valence-electron chi connectivity index (χ4n) is 1.90. The number of carbonyl (C=O) groups is 1. The first-order valence-corrected chi connectivity index (χ1v) is 5.39. The van der Waals surface area contributed by atoms with E-state index in [1.807, 2.05) is 25.1 Å². The number of rotatable bonds is 2. The third kappa shape index (κ3) is 1.88. The Morgan fingerprint density at radius 3 is 3.07 bits per heavy atom. The molecule has 1 aromatic rings. The molecular formula is C12H16N2O. The van der Waals surface area contributed by atoms with Gasteiger partial charge in [0.1, 0.15) is 0 Å². The van der Waals surface area contributed by atoms with E-state index >= 15 is 0 Å². The Morgan fingerprint density at radius 2 is 2.33 bits per heavy atom. The predicted octanol–water partition coefficient (Wildman–Crippen LogP) is 1.38. The van der Waals surface area contributed by atoms with Gasteiger partial charge < -0.3 is 11.1 Å². The molecule has 0 aliphatic carbocycles. The highest BCUT2D eigenvalue weighted by molar-refractivity contribution is 5.96. The van der Waals surface area contributed by atoms with E-state index in [2.05, 4.69) is 5.32 Å². The van der Waals surface area contributed by atoms with Crippen LogP contribution in [0.2, 0.25) is 0 Å². The molecule has 0 saturated heterocycles. The number of hydrogen-bond donors (Lipinski definition) is 2. The van der Waals surface area contributed by atoms with E-state index in [0.29, 0.717) is 0 Å². The molecule has 1 aliphatic rings. The summed E-state index contributed by atoms with van der Waals surface area (Å²) < 4.78 is 0. The van der Waals surface area contributed by atoms with Crippen LogP contribution in [0.4, 0.5) is 0 Å². The summed E-state index contributed by atoms with van der Waals surface area (Å²) in [6.45, 7) is 2.79. The van der Waals surface area contributed by atoms with E-state index in [-0.39, 0.29) is 11.9 Å². The minimum Gasteiger partial charge on any atom is -0.352 e. The van der Waals surface area contributed by atoms with E-state index in [0.717, 1.165) is 36.1 Å². The van der Waals surface area contributed by atoms with Gasteiger partial charge in [0.15, 0.2) is 0 Å². The largest absolute Gasteiger partial charge is 0.352 e. The molecule has 0 saturated carbocycles. The van der Waals surface area contributed by atoms with Crippen LogP contribution >= 0.6 is 0 Å². The molecule has 0 fully saturated rings. The average Bonchev–Trinajstić information content (AvgIpc) is 2.28. The predicted molar refractivity (Wildman–Crippen MR) is 59.7 cm³/mol. The quantitative estimate of drug-likeness (QED) is 0.764. The number of carbonyl (C=O) groups excluding carboxylic acids is 1. The van der Waals surface area contributed by atoms with Crippen LogP contribution in [0.3, 0.4) is 0 Å². The molecule has 1 aliphatic heterocycles. The maximum atomic E-state index is 11.6. The van der Waals surface area contributed by atoms with Gasteiger partial charge in [0.2, 0.25) is 0 Å². The summed E-state index contributed by atoms with van der Waals surface area (Å²) in [5, 5.41) is 2.84. The minimum atomic E-state index is 0.0291. The van der Waals surface area contributed by atoms with Crippen LogP contribution in [0.5, 0.6) is 0 Å². The number of benzene rings is 1. The molecule has 15 heavy (non-hydrogen) atoms. The molecule has 80 valence electrons. The lowest BCUT2D eigenvalue weighted by Gasteiger charge is -2.18. The monoisotopic (exact) mass is 204 g/mol. The van der Waals surface area contributed by atoms with Crippen LogP contribution < -0.4 is 11.1 Å². The normalized spacial score (nSPS) is 16.8. The van der Waals surface area contributed by atoms with Gasteiger partial charge in [-0.25, -0.2) is 0 Å². The Morgan fingerprint density at radius 1 is 1.53 bits per heavy atom. The van der Waals surface area contributed by atoms with E-state index in [1.165, 1.54) is 0 Å². The van der Waals surface area contributed by atoms with Crippen molar-refractivity contribution in [1.82, 2.24) is 5.32 Å². The highest BCUT2D eigenvalue weighted by Crippen LogP contribution is 2.20. The lowest BCUT2D eigenvalue weighted by molar-refractivity contribution is 0.0946. The topological polar surface area (TPSA) is 55.1 Å². The average molecular weight is 204 g/mol. The van der Waals surface area contributed by atoms with Gasteiger partial charge in [0.25, 0.3) is 5.91 Å². The molecular weight excluding hydrogens is 188 g/mol. The Hall–Kier alpha value is -1.35. The van der Waals surface area contributed by atoms with Gasteiger partial charge >= 0.3 is 0 Å². The lowest BCUT2D eigenvalue weighted by Crippen LogP contribution is -2.32. The highest BCUT2D eigenvalue weighted by Gasteiger charge is 2.17. The zero-order valence-corrected chi connectivity index (χ0v) is 8.92. The smallest absolute Gasteiger partial charge is 0.251 e. The van der Waals surface area contributed by atoms with Crippen molar-refractivity contribution in [1.29, 1.82) is 0 Å². The molecule has 0 radical (unpaired) electrons. The zero-order chi connectivity index (χ0) is 10.8. The van der Waals surface area contributed by atoms with Crippen molar-refractivity contribution in [2.75, 3.05) is 6.54 Å². The molecule has 3 heteroatoms. The minimum absolute atomic E-state index is 0.0291. The molecule has 0 bridgehead atoms. The molecule has 0 spiro atoms. The molecule has 1 heterocycles. The first kappa shape index (κ1) is 10.2. The van der Waals surface area contributed by atoms with Gasteiger partial charge in [-0.2, -0.15) is 0 Å². The van der Waals surface area contributed by atoms with Crippen LogP contribution in [-0.4, -0.2) is 12.5 Å². The molecule has 1 atom stereocenters. The molecule has 0 aromatic heterocycles. The Balaban J connectivity index is 2.39.